The van der Waals surface area contributed by atoms with E-state index in [0.29, 0.717) is 4.47 Å². The van der Waals surface area contributed by atoms with E-state index in [2.05, 4.69) is 20.7 Å². The lowest BCUT2D eigenvalue weighted by molar-refractivity contribution is 0.601. The second-order valence-electron chi connectivity index (χ2n) is 4.04. The molecule has 0 radical (unpaired) electrons. The van der Waals surface area contributed by atoms with Crippen LogP contribution in [0, 0.1) is 5.82 Å². The zero-order valence-electron chi connectivity index (χ0n) is 10.2. The predicted octanol–water partition coefficient (Wildman–Crippen LogP) is 4.28. The predicted molar refractivity (Wildman–Crippen MR) is 85.8 cm³/mol. The van der Waals surface area contributed by atoms with Gasteiger partial charge in [-0.3, -0.25) is 4.72 Å². The molecule has 2 aromatic rings. The van der Waals surface area contributed by atoms with Crippen molar-refractivity contribution in [3.8, 4) is 0 Å². The molecule has 112 valence electrons. The first-order chi connectivity index (χ1) is 9.70. The summed E-state index contributed by atoms with van der Waals surface area (Å²) in [7, 11) is -3.89. The molecule has 3 N–H and O–H groups in total. The van der Waals surface area contributed by atoms with Crippen LogP contribution < -0.4 is 10.5 Å². The summed E-state index contributed by atoms with van der Waals surface area (Å²) >= 11 is 14.4. The highest BCUT2D eigenvalue weighted by Crippen LogP contribution is 2.29. The van der Waals surface area contributed by atoms with Gasteiger partial charge in [0.2, 0.25) is 0 Å². The van der Waals surface area contributed by atoms with E-state index in [0.717, 1.165) is 12.1 Å². The number of halogens is 4. The second kappa shape index (κ2) is 6.00. The molecule has 0 fully saturated rings. The molecular formula is C12H8BrCl2FN2O2S. The number of hydrogen-bond acceptors (Lipinski definition) is 3. The van der Waals surface area contributed by atoms with Gasteiger partial charge in [0.1, 0.15) is 0 Å². The Morgan fingerprint density at radius 2 is 1.71 bits per heavy atom. The minimum atomic E-state index is -3.89. The molecule has 0 saturated carbocycles. The third-order valence-corrected chi connectivity index (χ3v) is 5.16. The lowest BCUT2D eigenvalue weighted by Crippen LogP contribution is -2.13. The van der Waals surface area contributed by atoms with E-state index < -0.39 is 15.8 Å². The molecule has 0 aromatic heterocycles. The molecule has 0 unspecified atom stereocenters. The third-order valence-electron chi connectivity index (χ3n) is 2.51. The molecule has 0 aliphatic carbocycles. The van der Waals surface area contributed by atoms with Gasteiger partial charge in [0.05, 0.1) is 20.6 Å². The molecule has 0 aliphatic rings. The Balaban J connectivity index is 2.39. The summed E-state index contributed by atoms with van der Waals surface area (Å²) in [4.78, 5) is -0.0419. The molecule has 0 heterocycles. The third kappa shape index (κ3) is 3.60. The molecule has 0 spiro atoms. The summed E-state index contributed by atoms with van der Waals surface area (Å²) in [6.07, 6.45) is 0. The maximum absolute atomic E-state index is 13.3. The Morgan fingerprint density at radius 3 is 2.24 bits per heavy atom. The normalized spacial score (nSPS) is 11.4. The van der Waals surface area contributed by atoms with Crippen LogP contribution in [-0.2, 0) is 10.0 Å². The van der Waals surface area contributed by atoms with Gasteiger partial charge in [0.15, 0.2) is 5.82 Å². The summed E-state index contributed by atoms with van der Waals surface area (Å²) in [5.74, 6) is -0.811. The lowest BCUT2D eigenvalue weighted by atomic mass is 10.3. The lowest BCUT2D eigenvalue weighted by Gasteiger charge is -2.10. The highest BCUT2D eigenvalue weighted by molar-refractivity contribution is 9.10. The molecule has 0 aliphatic heterocycles. The van der Waals surface area contributed by atoms with Crippen LogP contribution >= 0.6 is 39.1 Å². The zero-order valence-corrected chi connectivity index (χ0v) is 14.1. The molecule has 9 heteroatoms. The van der Waals surface area contributed by atoms with Crippen LogP contribution in [0.4, 0.5) is 15.8 Å². The van der Waals surface area contributed by atoms with E-state index >= 15 is 0 Å². The summed E-state index contributed by atoms with van der Waals surface area (Å²) in [6, 6.07) is 6.42. The number of benzene rings is 2. The van der Waals surface area contributed by atoms with Crippen LogP contribution in [-0.4, -0.2) is 8.42 Å². The van der Waals surface area contributed by atoms with Gasteiger partial charge in [-0.25, -0.2) is 12.8 Å². The number of sulfonamides is 1. The summed E-state index contributed by atoms with van der Waals surface area (Å²) in [5, 5.41) is -0.564. The summed E-state index contributed by atoms with van der Waals surface area (Å²) in [6.45, 7) is 0. The Morgan fingerprint density at radius 1 is 1.14 bits per heavy atom. The monoisotopic (exact) mass is 412 g/mol. The first-order valence-corrected chi connectivity index (χ1v) is 8.46. The number of nitrogen functional groups attached to an aromatic ring is 1. The molecule has 4 nitrogen and oxygen atoms in total. The van der Waals surface area contributed by atoms with Crippen molar-refractivity contribution in [1.82, 2.24) is 0 Å². The fraction of sp³-hybridized carbons (Fsp3) is 0. The average molecular weight is 414 g/mol. The molecular weight excluding hydrogens is 406 g/mol. The fourth-order valence-electron chi connectivity index (χ4n) is 1.52. The van der Waals surface area contributed by atoms with Gasteiger partial charge in [0, 0.05) is 10.2 Å². The smallest absolute Gasteiger partial charge is 0.261 e. The molecule has 21 heavy (non-hydrogen) atoms. The Bertz CT molecular complexity index is 792. The van der Waals surface area contributed by atoms with Gasteiger partial charge < -0.3 is 5.73 Å². The maximum atomic E-state index is 13.3. The van der Waals surface area contributed by atoms with E-state index in [1.165, 1.54) is 18.2 Å². The Labute approximate surface area is 139 Å². The first kappa shape index (κ1) is 16.4. The van der Waals surface area contributed by atoms with Gasteiger partial charge in [0.25, 0.3) is 10.0 Å². The molecule has 0 bridgehead atoms. The van der Waals surface area contributed by atoms with Crippen molar-refractivity contribution < 1.29 is 12.8 Å². The number of anilines is 2. The van der Waals surface area contributed by atoms with Gasteiger partial charge in [-0.15, -0.1) is 0 Å². The number of nitrogens with one attached hydrogen (secondary N) is 1. The topological polar surface area (TPSA) is 72.2 Å². The van der Waals surface area contributed by atoms with Crippen LogP contribution in [0.3, 0.4) is 0 Å². The van der Waals surface area contributed by atoms with Gasteiger partial charge >= 0.3 is 0 Å². The minimum Gasteiger partial charge on any atom is -0.398 e. The number of hydrogen-bond donors (Lipinski definition) is 2. The van der Waals surface area contributed by atoms with Gasteiger partial charge in [-0.2, -0.15) is 0 Å². The van der Waals surface area contributed by atoms with Gasteiger partial charge in [-0.1, -0.05) is 23.2 Å². The second-order valence-corrected chi connectivity index (χ2v) is 7.39. The maximum Gasteiger partial charge on any atom is 0.261 e. The summed E-state index contributed by atoms with van der Waals surface area (Å²) < 4.78 is 40.6. The largest absolute Gasteiger partial charge is 0.398 e. The Kier molecular flexibility index (Phi) is 4.67. The first-order valence-electron chi connectivity index (χ1n) is 5.43. The molecule has 0 amide bonds. The van der Waals surface area contributed by atoms with Gasteiger partial charge in [-0.05, 0) is 46.3 Å². The van der Waals surface area contributed by atoms with Crippen molar-refractivity contribution in [2.24, 2.45) is 0 Å². The fourth-order valence-corrected chi connectivity index (χ4v) is 3.33. The van der Waals surface area contributed by atoms with Crippen LogP contribution in [0.2, 0.25) is 10.0 Å². The van der Waals surface area contributed by atoms with Crippen LogP contribution in [0.15, 0.2) is 39.7 Å². The average Bonchev–Trinajstić information content (AvgIpc) is 2.38. The standard InChI is InChI=1S/C12H8BrCl2FN2O2S/c13-8-2-1-7(5-11(8)17)21(19,20)18-6-3-9(14)12(16)10(15)4-6/h1-5,18H,17H2. The molecule has 2 rings (SSSR count). The molecule has 2 aromatic carbocycles. The van der Waals surface area contributed by atoms with Crippen molar-refractivity contribution in [3.63, 3.8) is 0 Å². The quantitative estimate of drug-likeness (QED) is 0.582. The minimum absolute atomic E-state index is 0.0419. The van der Waals surface area contributed by atoms with Crippen molar-refractivity contribution in [2.75, 3.05) is 10.5 Å². The van der Waals surface area contributed by atoms with Crippen LogP contribution in [0.1, 0.15) is 0 Å². The molecule has 0 atom stereocenters. The highest BCUT2D eigenvalue weighted by atomic mass is 79.9. The SMILES string of the molecule is Nc1cc(S(=O)(=O)Nc2cc(Cl)c(F)c(Cl)c2)ccc1Br. The van der Waals surface area contributed by atoms with Crippen molar-refractivity contribution >= 4 is 60.5 Å². The van der Waals surface area contributed by atoms with Crippen LogP contribution in [0.25, 0.3) is 0 Å². The van der Waals surface area contributed by atoms with E-state index in [-0.39, 0.29) is 26.3 Å². The number of rotatable bonds is 3. The highest BCUT2D eigenvalue weighted by Gasteiger charge is 2.17. The van der Waals surface area contributed by atoms with Crippen molar-refractivity contribution in [2.45, 2.75) is 4.90 Å². The van der Waals surface area contributed by atoms with Crippen molar-refractivity contribution in [3.05, 3.63) is 50.7 Å². The van der Waals surface area contributed by atoms with E-state index in [9.17, 15) is 12.8 Å². The van der Waals surface area contributed by atoms with Crippen LogP contribution in [0.5, 0.6) is 0 Å². The van der Waals surface area contributed by atoms with E-state index in [4.69, 9.17) is 28.9 Å². The van der Waals surface area contributed by atoms with E-state index in [1.54, 1.807) is 0 Å². The Hall–Kier alpha value is -1.02. The van der Waals surface area contributed by atoms with Crippen molar-refractivity contribution in [1.29, 1.82) is 0 Å². The molecule has 0 saturated heterocycles. The number of nitrogens with two attached hydrogens (primary N) is 1. The zero-order chi connectivity index (χ0) is 15.8. The summed E-state index contributed by atoms with van der Waals surface area (Å²) in [5.41, 5.74) is 5.97. The van der Waals surface area contributed by atoms with E-state index in [1.807, 2.05) is 0 Å².